The number of nitrogens with zero attached hydrogens (tertiary/aromatic N) is 1. The van der Waals surface area contributed by atoms with Crippen LogP contribution < -0.4 is 14.8 Å². The lowest BCUT2D eigenvalue weighted by Gasteiger charge is -2.25. The van der Waals surface area contributed by atoms with Gasteiger partial charge in [0, 0.05) is 29.9 Å². The van der Waals surface area contributed by atoms with Crippen molar-refractivity contribution in [2.24, 2.45) is 0 Å². The van der Waals surface area contributed by atoms with Crippen LogP contribution in [0, 0.1) is 0 Å². The highest BCUT2D eigenvalue weighted by atomic mass is 32.1. The summed E-state index contributed by atoms with van der Waals surface area (Å²) in [5.74, 6) is 1.11. The molecule has 1 aliphatic rings. The summed E-state index contributed by atoms with van der Waals surface area (Å²) < 4.78 is 11.4. The first kappa shape index (κ1) is 20.0. The number of thiophene rings is 1. The molecule has 6 nitrogen and oxygen atoms in total. The smallest absolute Gasteiger partial charge is 0.265 e. The van der Waals surface area contributed by atoms with E-state index in [2.05, 4.69) is 5.32 Å². The predicted molar refractivity (Wildman–Crippen MR) is 117 cm³/mol. The van der Waals surface area contributed by atoms with Gasteiger partial charge in [0.25, 0.3) is 11.8 Å². The van der Waals surface area contributed by atoms with E-state index in [4.69, 9.17) is 9.47 Å². The van der Waals surface area contributed by atoms with Gasteiger partial charge in [0.1, 0.15) is 13.2 Å². The largest absolute Gasteiger partial charge is 0.486 e. The number of carbonyl (C=O) groups excluding carboxylic acids is 2. The summed E-state index contributed by atoms with van der Waals surface area (Å²) in [6.07, 6.45) is 0. The van der Waals surface area contributed by atoms with Crippen LogP contribution in [0.5, 0.6) is 11.5 Å². The second-order valence-corrected chi connectivity index (χ2v) is 7.72. The van der Waals surface area contributed by atoms with E-state index in [1.807, 2.05) is 36.6 Å². The fourth-order valence-electron chi connectivity index (χ4n) is 3.30. The Morgan fingerprint density at radius 2 is 1.90 bits per heavy atom. The van der Waals surface area contributed by atoms with Crippen molar-refractivity contribution in [2.45, 2.75) is 13.5 Å². The van der Waals surface area contributed by atoms with Crippen LogP contribution in [0.4, 0.5) is 5.69 Å². The van der Waals surface area contributed by atoms with E-state index in [0.29, 0.717) is 53.9 Å². The van der Waals surface area contributed by atoms with E-state index < -0.39 is 0 Å². The molecular weight excluding hydrogens is 400 g/mol. The molecule has 30 heavy (non-hydrogen) atoms. The number of anilines is 1. The van der Waals surface area contributed by atoms with Crippen LogP contribution in [0.1, 0.15) is 32.5 Å². The van der Waals surface area contributed by atoms with E-state index in [9.17, 15) is 9.59 Å². The average Bonchev–Trinajstić information content (AvgIpc) is 3.32. The Hall–Kier alpha value is -3.32. The van der Waals surface area contributed by atoms with Gasteiger partial charge in [-0.2, -0.15) is 0 Å². The molecule has 2 aromatic carbocycles. The molecule has 2 amide bonds. The molecule has 2 heterocycles. The van der Waals surface area contributed by atoms with Crippen LogP contribution in [-0.4, -0.2) is 36.5 Å². The summed E-state index contributed by atoms with van der Waals surface area (Å²) in [7, 11) is 0. The molecule has 0 radical (unpaired) electrons. The fourth-order valence-corrected chi connectivity index (χ4v) is 3.92. The summed E-state index contributed by atoms with van der Waals surface area (Å²) in [5.41, 5.74) is 2.01. The SMILES string of the molecule is CCN(Cc1cccc2c1OCCO2)C(=O)c1cccc(NC(=O)c2cccs2)c1. The number of hydrogen-bond donors (Lipinski definition) is 1. The normalized spacial score (nSPS) is 12.3. The van der Waals surface area contributed by atoms with Crippen LogP contribution >= 0.6 is 11.3 Å². The van der Waals surface area contributed by atoms with Crippen molar-refractivity contribution in [3.8, 4) is 11.5 Å². The van der Waals surface area contributed by atoms with Gasteiger partial charge in [-0.3, -0.25) is 9.59 Å². The lowest BCUT2D eigenvalue weighted by atomic mass is 10.1. The molecule has 0 bridgehead atoms. The molecule has 0 saturated carbocycles. The van der Waals surface area contributed by atoms with Crippen LogP contribution in [0.25, 0.3) is 0 Å². The van der Waals surface area contributed by atoms with Gasteiger partial charge < -0.3 is 19.7 Å². The van der Waals surface area contributed by atoms with Gasteiger partial charge in [-0.05, 0) is 42.6 Å². The standard InChI is InChI=1S/C23H22N2O4S/c1-2-25(15-17-7-4-9-19-21(17)29-12-11-28-19)23(27)16-6-3-8-18(14-16)24-22(26)20-10-5-13-30-20/h3-10,13-14H,2,11-12,15H2,1H3,(H,24,26). The number of rotatable bonds is 6. The van der Waals surface area contributed by atoms with E-state index >= 15 is 0 Å². The number of hydrogen-bond acceptors (Lipinski definition) is 5. The number of nitrogens with one attached hydrogen (secondary N) is 1. The molecule has 0 aliphatic carbocycles. The third-order valence-corrected chi connectivity index (χ3v) is 5.66. The molecule has 4 rings (SSSR count). The summed E-state index contributed by atoms with van der Waals surface area (Å²) in [4.78, 5) is 27.8. The fraction of sp³-hybridized carbons (Fsp3) is 0.217. The Bertz CT molecular complexity index is 1050. The van der Waals surface area contributed by atoms with Gasteiger partial charge >= 0.3 is 0 Å². The van der Waals surface area contributed by atoms with Crippen molar-refractivity contribution in [3.05, 3.63) is 76.0 Å². The second kappa shape index (κ2) is 9.00. The lowest BCUT2D eigenvalue weighted by molar-refractivity contribution is 0.0749. The monoisotopic (exact) mass is 422 g/mol. The van der Waals surface area contributed by atoms with Crippen molar-refractivity contribution in [1.82, 2.24) is 4.90 Å². The minimum Gasteiger partial charge on any atom is -0.486 e. The molecule has 154 valence electrons. The number of fused-ring (bicyclic) bond motifs is 1. The molecular formula is C23H22N2O4S. The Balaban J connectivity index is 1.51. The van der Waals surface area contributed by atoms with Crippen LogP contribution in [0.2, 0.25) is 0 Å². The van der Waals surface area contributed by atoms with Crippen molar-refractivity contribution < 1.29 is 19.1 Å². The van der Waals surface area contributed by atoms with E-state index in [0.717, 1.165) is 5.56 Å². The first-order valence-electron chi connectivity index (χ1n) is 9.77. The molecule has 7 heteroatoms. The average molecular weight is 423 g/mol. The summed E-state index contributed by atoms with van der Waals surface area (Å²) in [6.45, 7) is 3.91. The maximum absolute atomic E-state index is 13.2. The lowest BCUT2D eigenvalue weighted by Crippen LogP contribution is -2.31. The molecule has 0 fully saturated rings. The second-order valence-electron chi connectivity index (χ2n) is 6.77. The topological polar surface area (TPSA) is 67.9 Å². The van der Waals surface area contributed by atoms with Crippen LogP contribution in [0.15, 0.2) is 60.0 Å². The van der Waals surface area contributed by atoms with E-state index in [1.54, 1.807) is 35.2 Å². The quantitative estimate of drug-likeness (QED) is 0.638. The van der Waals surface area contributed by atoms with Gasteiger partial charge in [0.15, 0.2) is 11.5 Å². The Morgan fingerprint density at radius 1 is 1.07 bits per heavy atom. The minimum absolute atomic E-state index is 0.112. The summed E-state index contributed by atoms with van der Waals surface area (Å²) in [5, 5.41) is 4.70. The Morgan fingerprint density at radius 3 is 2.70 bits per heavy atom. The van der Waals surface area contributed by atoms with Crippen LogP contribution in [-0.2, 0) is 6.54 Å². The van der Waals surface area contributed by atoms with Gasteiger partial charge in [0.2, 0.25) is 0 Å². The highest BCUT2D eigenvalue weighted by Crippen LogP contribution is 2.34. The highest BCUT2D eigenvalue weighted by Gasteiger charge is 2.21. The molecule has 0 atom stereocenters. The molecule has 3 aromatic rings. The molecule has 0 unspecified atom stereocenters. The minimum atomic E-state index is -0.185. The maximum atomic E-state index is 13.2. The summed E-state index contributed by atoms with van der Waals surface area (Å²) >= 11 is 1.37. The van der Waals surface area contributed by atoms with Crippen molar-refractivity contribution in [3.63, 3.8) is 0 Å². The molecule has 1 N–H and O–H groups in total. The van der Waals surface area contributed by atoms with Crippen molar-refractivity contribution in [2.75, 3.05) is 25.1 Å². The molecule has 1 aliphatic heterocycles. The van der Waals surface area contributed by atoms with Crippen molar-refractivity contribution in [1.29, 1.82) is 0 Å². The van der Waals surface area contributed by atoms with E-state index in [-0.39, 0.29) is 11.8 Å². The number of carbonyl (C=O) groups is 2. The molecule has 1 aromatic heterocycles. The number of para-hydroxylation sites is 1. The highest BCUT2D eigenvalue weighted by molar-refractivity contribution is 7.12. The summed E-state index contributed by atoms with van der Waals surface area (Å²) in [6, 6.07) is 16.3. The zero-order valence-corrected chi connectivity index (χ0v) is 17.4. The Labute approximate surface area is 179 Å². The first-order valence-corrected chi connectivity index (χ1v) is 10.7. The number of benzene rings is 2. The van der Waals surface area contributed by atoms with Gasteiger partial charge in [-0.25, -0.2) is 0 Å². The molecule has 0 spiro atoms. The van der Waals surface area contributed by atoms with Crippen molar-refractivity contribution >= 4 is 28.8 Å². The number of amides is 2. The van der Waals surface area contributed by atoms with Gasteiger partial charge in [-0.1, -0.05) is 24.3 Å². The number of ether oxygens (including phenoxy) is 2. The first-order chi connectivity index (χ1) is 14.7. The predicted octanol–water partition coefficient (Wildman–Crippen LogP) is 4.43. The third-order valence-electron chi connectivity index (χ3n) is 4.79. The van der Waals surface area contributed by atoms with Crippen LogP contribution in [0.3, 0.4) is 0 Å². The van der Waals surface area contributed by atoms with Gasteiger partial charge in [0.05, 0.1) is 4.88 Å². The van der Waals surface area contributed by atoms with Gasteiger partial charge in [-0.15, -0.1) is 11.3 Å². The Kier molecular flexibility index (Phi) is 5.99. The zero-order chi connectivity index (χ0) is 20.9. The third kappa shape index (κ3) is 4.31. The zero-order valence-electron chi connectivity index (χ0n) is 16.6. The van der Waals surface area contributed by atoms with E-state index in [1.165, 1.54) is 11.3 Å². The maximum Gasteiger partial charge on any atom is 0.265 e. The molecule has 0 saturated heterocycles.